The van der Waals surface area contributed by atoms with Crippen molar-refractivity contribution in [3.63, 3.8) is 0 Å². The number of hydrogen-bond acceptors (Lipinski definition) is 5. The number of carbonyl (C=O) groups is 1. The van der Waals surface area contributed by atoms with Gasteiger partial charge in [-0.15, -0.1) is 27.8 Å². The van der Waals surface area contributed by atoms with Gasteiger partial charge in [0.2, 0.25) is 4.96 Å². The Kier molecular flexibility index (Phi) is 3.66. The number of benzene rings is 1. The molecule has 4 aromatic rings. The van der Waals surface area contributed by atoms with Crippen molar-refractivity contribution >= 4 is 39.5 Å². The normalized spacial score (nSPS) is 11.1. The molecule has 0 saturated heterocycles. The number of rotatable bonds is 3. The van der Waals surface area contributed by atoms with Crippen LogP contribution in [-0.4, -0.2) is 20.5 Å². The summed E-state index contributed by atoms with van der Waals surface area (Å²) >= 11 is 2.90. The van der Waals surface area contributed by atoms with Gasteiger partial charge in [-0.2, -0.15) is 4.98 Å². The van der Waals surface area contributed by atoms with E-state index in [0.717, 1.165) is 16.2 Å². The molecule has 0 radical (unpaired) electrons. The Balaban J connectivity index is 1.70. The second-order valence-electron chi connectivity index (χ2n) is 5.50. The minimum Gasteiger partial charge on any atom is -0.288 e. The topological polar surface area (TPSA) is 59.3 Å². The molecule has 3 aromatic heterocycles. The summed E-state index contributed by atoms with van der Waals surface area (Å²) in [5.41, 5.74) is 4.52. The summed E-state index contributed by atoms with van der Waals surface area (Å²) in [5.74, 6) is 0.141. The molecule has 0 aliphatic carbocycles. The quantitative estimate of drug-likeness (QED) is 0.594. The number of amides is 1. The van der Waals surface area contributed by atoms with Crippen LogP contribution < -0.4 is 5.32 Å². The molecule has 0 atom stereocenters. The van der Waals surface area contributed by atoms with Crippen LogP contribution in [0.5, 0.6) is 0 Å². The molecular formula is C17H14N4OS2. The number of anilines is 1. The second-order valence-corrected chi connectivity index (χ2v) is 7.28. The average Bonchev–Trinajstić information content (AvgIpc) is 3.24. The lowest BCUT2D eigenvalue weighted by atomic mass is 10.0. The zero-order valence-electron chi connectivity index (χ0n) is 13.1. The molecule has 4 rings (SSSR count). The Morgan fingerprint density at radius 3 is 2.83 bits per heavy atom. The maximum atomic E-state index is 12.1. The van der Waals surface area contributed by atoms with Crippen molar-refractivity contribution in [3.05, 3.63) is 57.1 Å². The van der Waals surface area contributed by atoms with Crippen molar-refractivity contribution in [2.45, 2.75) is 13.8 Å². The minimum absolute atomic E-state index is 0.184. The fourth-order valence-corrected chi connectivity index (χ4v) is 4.03. The van der Waals surface area contributed by atoms with Gasteiger partial charge in [-0.05, 0) is 30.9 Å². The maximum Gasteiger partial charge on any atom is 0.268 e. The SMILES string of the molecule is Cc1ccc(-c2csc3nc(NC(=O)c4cccs4)nn23)c(C)c1. The lowest BCUT2D eigenvalue weighted by Gasteiger charge is -2.05. The summed E-state index contributed by atoms with van der Waals surface area (Å²) in [6.45, 7) is 4.16. The number of thiazole rings is 1. The molecule has 0 aliphatic rings. The summed E-state index contributed by atoms with van der Waals surface area (Å²) in [6.07, 6.45) is 0. The van der Waals surface area contributed by atoms with Gasteiger partial charge < -0.3 is 0 Å². The number of aromatic nitrogens is 3. The van der Waals surface area contributed by atoms with E-state index in [9.17, 15) is 4.79 Å². The van der Waals surface area contributed by atoms with E-state index in [1.807, 2.05) is 16.8 Å². The zero-order valence-corrected chi connectivity index (χ0v) is 14.7. The van der Waals surface area contributed by atoms with Gasteiger partial charge >= 0.3 is 0 Å². The summed E-state index contributed by atoms with van der Waals surface area (Å²) in [7, 11) is 0. The van der Waals surface area contributed by atoms with Crippen molar-refractivity contribution in [1.29, 1.82) is 0 Å². The molecule has 0 saturated carbocycles. The summed E-state index contributed by atoms with van der Waals surface area (Å²) in [5, 5.41) is 11.1. The monoisotopic (exact) mass is 354 g/mol. The number of aryl methyl sites for hydroxylation is 2. The molecule has 0 unspecified atom stereocenters. The summed E-state index contributed by atoms with van der Waals surface area (Å²) in [6, 6.07) is 9.95. The molecule has 3 heterocycles. The Morgan fingerprint density at radius 2 is 2.08 bits per heavy atom. The minimum atomic E-state index is -0.184. The van der Waals surface area contributed by atoms with Gasteiger partial charge in [-0.1, -0.05) is 29.8 Å². The standard InChI is InChI=1S/C17H14N4OS2/c1-10-5-6-12(11(2)8-10)13-9-24-17-19-16(20-21(13)17)18-15(22)14-4-3-7-23-14/h3-9H,1-2H3,(H,18,20,22). The zero-order chi connectivity index (χ0) is 16.7. The first-order valence-electron chi connectivity index (χ1n) is 7.38. The third-order valence-corrected chi connectivity index (χ3v) is 5.39. The van der Waals surface area contributed by atoms with Crippen LogP contribution in [0.4, 0.5) is 5.95 Å². The number of nitrogens with one attached hydrogen (secondary N) is 1. The highest BCUT2D eigenvalue weighted by Gasteiger charge is 2.15. The molecule has 1 N–H and O–H groups in total. The molecule has 120 valence electrons. The van der Waals surface area contributed by atoms with E-state index >= 15 is 0 Å². The number of fused-ring (bicyclic) bond motifs is 1. The molecule has 5 nitrogen and oxygen atoms in total. The molecule has 7 heteroatoms. The first-order valence-corrected chi connectivity index (χ1v) is 9.14. The highest BCUT2D eigenvalue weighted by Crippen LogP contribution is 2.29. The first kappa shape index (κ1) is 15.0. The maximum absolute atomic E-state index is 12.1. The van der Waals surface area contributed by atoms with Crippen molar-refractivity contribution in [3.8, 4) is 11.3 Å². The van der Waals surface area contributed by atoms with Crippen LogP contribution in [-0.2, 0) is 0 Å². The van der Waals surface area contributed by atoms with Crippen LogP contribution in [0.2, 0.25) is 0 Å². The van der Waals surface area contributed by atoms with E-state index < -0.39 is 0 Å². The highest BCUT2D eigenvalue weighted by molar-refractivity contribution is 7.15. The van der Waals surface area contributed by atoms with E-state index in [1.54, 1.807) is 10.6 Å². The molecule has 0 aliphatic heterocycles. The largest absolute Gasteiger partial charge is 0.288 e. The second kappa shape index (κ2) is 5.85. The third kappa shape index (κ3) is 2.61. The van der Waals surface area contributed by atoms with E-state index in [0.29, 0.717) is 10.8 Å². The summed E-state index contributed by atoms with van der Waals surface area (Å²) in [4.78, 5) is 17.9. The van der Waals surface area contributed by atoms with Crippen LogP contribution in [0.1, 0.15) is 20.8 Å². The van der Waals surface area contributed by atoms with Crippen molar-refractivity contribution in [2.75, 3.05) is 5.32 Å². The number of thiophene rings is 1. The number of hydrogen-bond donors (Lipinski definition) is 1. The van der Waals surface area contributed by atoms with Crippen LogP contribution in [0.25, 0.3) is 16.2 Å². The van der Waals surface area contributed by atoms with Gasteiger partial charge in [0.25, 0.3) is 11.9 Å². The van der Waals surface area contributed by atoms with E-state index in [2.05, 4.69) is 47.4 Å². The van der Waals surface area contributed by atoms with Crippen LogP contribution in [0.3, 0.4) is 0 Å². The van der Waals surface area contributed by atoms with Gasteiger partial charge in [-0.25, -0.2) is 4.52 Å². The van der Waals surface area contributed by atoms with E-state index in [4.69, 9.17) is 0 Å². The number of nitrogens with zero attached hydrogens (tertiary/aromatic N) is 3. The van der Waals surface area contributed by atoms with Gasteiger partial charge in [0.15, 0.2) is 0 Å². The van der Waals surface area contributed by atoms with E-state index in [-0.39, 0.29) is 5.91 Å². The average molecular weight is 354 g/mol. The fourth-order valence-electron chi connectivity index (χ4n) is 2.59. The summed E-state index contributed by atoms with van der Waals surface area (Å²) < 4.78 is 1.78. The molecule has 1 amide bonds. The molecule has 0 spiro atoms. The number of carbonyl (C=O) groups excluding carboxylic acids is 1. The van der Waals surface area contributed by atoms with Crippen LogP contribution in [0.15, 0.2) is 41.1 Å². The predicted molar refractivity (Wildman–Crippen MR) is 98.0 cm³/mol. The lowest BCUT2D eigenvalue weighted by Crippen LogP contribution is -2.11. The molecule has 1 aromatic carbocycles. The highest BCUT2D eigenvalue weighted by atomic mass is 32.1. The Bertz CT molecular complexity index is 1030. The van der Waals surface area contributed by atoms with Crippen molar-refractivity contribution < 1.29 is 4.79 Å². The molecule has 0 fully saturated rings. The van der Waals surface area contributed by atoms with Gasteiger partial charge in [0, 0.05) is 10.9 Å². The van der Waals surface area contributed by atoms with Crippen LogP contribution in [0, 0.1) is 13.8 Å². The Morgan fingerprint density at radius 1 is 1.21 bits per heavy atom. The Hall–Kier alpha value is -2.51. The van der Waals surface area contributed by atoms with Gasteiger partial charge in [0.05, 0.1) is 10.6 Å². The fraction of sp³-hybridized carbons (Fsp3) is 0.118. The van der Waals surface area contributed by atoms with Crippen molar-refractivity contribution in [2.24, 2.45) is 0 Å². The lowest BCUT2D eigenvalue weighted by molar-refractivity contribution is 0.102. The molecule has 0 bridgehead atoms. The molecule has 24 heavy (non-hydrogen) atoms. The van der Waals surface area contributed by atoms with Crippen LogP contribution >= 0.6 is 22.7 Å². The first-order chi connectivity index (χ1) is 11.6. The smallest absolute Gasteiger partial charge is 0.268 e. The van der Waals surface area contributed by atoms with Crippen molar-refractivity contribution in [1.82, 2.24) is 14.6 Å². The predicted octanol–water partition coefficient (Wildman–Crippen LogP) is 4.39. The third-order valence-electron chi connectivity index (χ3n) is 3.71. The van der Waals surface area contributed by atoms with E-state index in [1.165, 1.54) is 33.8 Å². The Labute approximate surface area is 146 Å². The van der Waals surface area contributed by atoms with Gasteiger partial charge in [0.1, 0.15) is 0 Å². The molecular weight excluding hydrogens is 340 g/mol. The van der Waals surface area contributed by atoms with Gasteiger partial charge in [-0.3, -0.25) is 10.1 Å².